The van der Waals surface area contributed by atoms with Gasteiger partial charge in [0.25, 0.3) is 0 Å². The van der Waals surface area contributed by atoms with Crippen LogP contribution in [0, 0.1) is 0 Å². The van der Waals surface area contributed by atoms with Crippen LogP contribution < -0.4 is 5.32 Å². The molecule has 0 aliphatic heterocycles. The van der Waals surface area contributed by atoms with Crippen LogP contribution in [0.4, 0.5) is 0 Å². The van der Waals surface area contributed by atoms with Crippen molar-refractivity contribution in [3.63, 3.8) is 0 Å². The normalized spacial score (nSPS) is 14.0. The third-order valence-corrected chi connectivity index (χ3v) is 10.0. The molecule has 0 aliphatic carbocycles. The van der Waals surface area contributed by atoms with Crippen molar-refractivity contribution >= 4 is 11.9 Å². The molecule has 3 unspecified atom stereocenters. The van der Waals surface area contributed by atoms with Gasteiger partial charge >= 0.3 is 5.97 Å². The van der Waals surface area contributed by atoms with Crippen LogP contribution in [0.2, 0.25) is 0 Å². The van der Waals surface area contributed by atoms with Crippen LogP contribution in [0.3, 0.4) is 0 Å². The van der Waals surface area contributed by atoms with Crippen LogP contribution >= 0.6 is 0 Å². The van der Waals surface area contributed by atoms with E-state index in [-0.39, 0.29) is 24.9 Å². The highest BCUT2D eigenvalue weighted by Gasteiger charge is 2.24. The fourth-order valence-corrected chi connectivity index (χ4v) is 6.52. The van der Waals surface area contributed by atoms with E-state index in [2.05, 4.69) is 99.0 Å². The zero-order chi connectivity index (χ0) is 41.0. The maximum atomic E-state index is 13.1. The molecular formula is C50H87NO5. The zero-order valence-corrected chi connectivity index (χ0v) is 36.5. The van der Waals surface area contributed by atoms with Crippen LogP contribution in [0.15, 0.2) is 72.9 Å². The molecule has 322 valence electrons. The van der Waals surface area contributed by atoms with Crippen molar-refractivity contribution in [2.45, 2.75) is 225 Å². The van der Waals surface area contributed by atoms with Gasteiger partial charge in [0.2, 0.25) is 5.91 Å². The Balaban J connectivity index is 4.74. The highest BCUT2D eigenvalue weighted by atomic mass is 16.5. The van der Waals surface area contributed by atoms with Crippen molar-refractivity contribution in [1.29, 1.82) is 0 Å². The Morgan fingerprint density at radius 3 is 1.59 bits per heavy atom. The average molecular weight is 782 g/mol. The summed E-state index contributed by atoms with van der Waals surface area (Å²) < 4.78 is 5.86. The third-order valence-electron chi connectivity index (χ3n) is 10.0. The molecule has 6 heteroatoms. The predicted molar refractivity (Wildman–Crippen MR) is 241 cm³/mol. The first-order valence-electron chi connectivity index (χ1n) is 23.2. The molecule has 0 aromatic carbocycles. The summed E-state index contributed by atoms with van der Waals surface area (Å²) in [5.41, 5.74) is 0. The fraction of sp³-hybridized carbons (Fsp3) is 0.720. The van der Waals surface area contributed by atoms with Crippen LogP contribution in [0.25, 0.3) is 0 Å². The second-order valence-electron chi connectivity index (χ2n) is 15.4. The van der Waals surface area contributed by atoms with Crippen molar-refractivity contribution in [3.05, 3.63) is 72.9 Å². The number of hydrogen-bond donors (Lipinski definition) is 3. The molecule has 1 amide bonds. The van der Waals surface area contributed by atoms with Gasteiger partial charge in [0, 0.05) is 6.42 Å². The number of carbonyl (C=O) groups is 2. The molecule has 3 atom stereocenters. The van der Waals surface area contributed by atoms with Gasteiger partial charge in [0.1, 0.15) is 6.10 Å². The number of unbranched alkanes of at least 4 members (excludes halogenated alkanes) is 16. The summed E-state index contributed by atoms with van der Waals surface area (Å²) in [6.07, 6.45) is 53.9. The second-order valence-corrected chi connectivity index (χ2v) is 15.4. The fourth-order valence-electron chi connectivity index (χ4n) is 6.52. The van der Waals surface area contributed by atoms with Crippen LogP contribution in [0.1, 0.15) is 207 Å². The molecule has 6 nitrogen and oxygen atoms in total. The maximum Gasteiger partial charge on any atom is 0.306 e. The molecule has 0 aromatic rings. The maximum absolute atomic E-state index is 13.1. The van der Waals surface area contributed by atoms with Crippen molar-refractivity contribution in [3.8, 4) is 0 Å². The summed E-state index contributed by atoms with van der Waals surface area (Å²) in [6.45, 7) is 6.26. The molecule has 0 heterocycles. The molecule has 0 rings (SSSR count). The molecule has 0 aromatic heterocycles. The van der Waals surface area contributed by atoms with E-state index < -0.39 is 18.2 Å². The standard InChI is InChI=1S/C50H87NO5/c1-4-7-10-13-16-19-22-23-24-25-26-27-28-29-32-35-38-41-46(56-50(55)43-40-37-34-31-21-18-15-12-9-6-3)44-49(54)51-47(45-52)48(53)42-39-36-33-30-20-17-14-11-8-5-2/h7,10,12,15-16,19,23-24,26-27,29,32,46-48,52-53H,4-6,8-9,11,13-14,17-18,20-22,25,28,30-31,33-45H2,1-3H3,(H,51,54)/b10-7-,15-12-,19-16-,24-23-,27-26-,32-29-. The number of amides is 1. The van der Waals surface area contributed by atoms with Gasteiger partial charge in [-0.3, -0.25) is 9.59 Å². The van der Waals surface area contributed by atoms with E-state index in [0.29, 0.717) is 19.3 Å². The SMILES string of the molecule is CC/C=C\C/C=C\C/C=C\C/C=C\C/C=C\CCCC(CC(=O)NC(CO)C(O)CCCCCCCCCCCC)OC(=O)CCCCCCC/C=C\CCC. The van der Waals surface area contributed by atoms with Gasteiger partial charge in [-0.1, -0.05) is 184 Å². The number of allylic oxidation sites excluding steroid dienone is 12. The molecule has 3 N–H and O–H groups in total. The van der Waals surface area contributed by atoms with Crippen molar-refractivity contribution in [2.75, 3.05) is 6.61 Å². The number of ether oxygens (including phenoxy) is 1. The number of esters is 1. The van der Waals surface area contributed by atoms with Gasteiger partial charge in [-0.25, -0.2) is 0 Å². The first-order chi connectivity index (χ1) is 27.5. The minimum absolute atomic E-state index is 0.0322. The largest absolute Gasteiger partial charge is 0.462 e. The third kappa shape index (κ3) is 38.2. The lowest BCUT2D eigenvalue weighted by Gasteiger charge is -2.24. The average Bonchev–Trinajstić information content (AvgIpc) is 3.19. The number of carbonyl (C=O) groups excluding carboxylic acids is 2. The molecule has 0 saturated carbocycles. The van der Waals surface area contributed by atoms with Gasteiger partial charge in [-0.15, -0.1) is 0 Å². The summed E-state index contributed by atoms with van der Waals surface area (Å²) in [6, 6.07) is -0.721. The molecule has 0 bridgehead atoms. The Labute approximate surface area is 345 Å². The lowest BCUT2D eigenvalue weighted by molar-refractivity contribution is -0.151. The molecule has 0 spiro atoms. The summed E-state index contributed by atoms with van der Waals surface area (Å²) in [7, 11) is 0. The van der Waals surface area contributed by atoms with Crippen LogP contribution in [0.5, 0.6) is 0 Å². The Morgan fingerprint density at radius 1 is 0.536 bits per heavy atom. The van der Waals surface area contributed by atoms with Gasteiger partial charge in [-0.2, -0.15) is 0 Å². The van der Waals surface area contributed by atoms with E-state index in [1.165, 1.54) is 64.2 Å². The van der Waals surface area contributed by atoms with Crippen molar-refractivity contribution < 1.29 is 24.5 Å². The number of rotatable bonds is 40. The monoisotopic (exact) mass is 782 g/mol. The van der Waals surface area contributed by atoms with Gasteiger partial charge in [0.15, 0.2) is 0 Å². The molecule has 0 saturated heterocycles. The second kappa shape index (κ2) is 43.4. The minimum atomic E-state index is -0.804. The van der Waals surface area contributed by atoms with Gasteiger partial charge < -0.3 is 20.3 Å². The van der Waals surface area contributed by atoms with E-state index in [9.17, 15) is 19.8 Å². The highest BCUT2D eigenvalue weighted by Crippen LogP contribution is 2.16. The molecule has 0 aliphatic rings. The van der Waals surface area contributed by atoms with Crippen molar-refractivity contribution in [1.82, 2.24) is 5.32 Å². The van der Waals surface area contributed by atoms with Gasteiger partial charge in [0.05, 0.1) is 25.2 Å². The summed E-state index contributed by atoms with van der Waals surface area (Å²) >= 11 is 0. The lowest BCUT2D eigenvalue weighted by Crippen LogP contribution is -2.46. The Hall–Kier alpha value is -2.70. The number of hydrogen-bond acceptors (Lipinski definition) is 5. The summed E-state index contributed by atoms with van der Waals surface area (Å²) in [5.74, 6) is -0.549. The van der Waals surface area contributed by atoms with E-state index >= 15 is 0 Å². The number of aliphatic hydroxyl groups is 2. The van der Waals surface area contributed by atoms with Gasteiger partial charge in [-0.05, 0) is 83.5 Å². The molecule has 0 fully saturated rings. The van der Waals surface area contributed by atoms with Crippen molar-refractivity contribution in [2.24, 2.45) is 0 Å². The topological polar surface area (TPSA) is 95.9 Å². The Kier molecular flexibility index (Phi) is 41.3. The first kappa shape index (κ1) is 53.3. The molecule has 56 heavy (non-hydrogen) atoms. The quantitative estimate of drug-likeness (QED) is 0.0327. The first-order valence-corrected chi connectivity index (χ1v) is 23.2. The minimum Gasteiger partial charge on any atom is -0.462 e. The predicted octanol–water partition coefficient (Wildman–Crippen LogP) is 13.4. The Morgan fingerprint density at radius 2 is 1.02 bits per heavy atom. The van der Waals surface area contributed by atoms with E-state index in [4.69, 9.17) is 4.74 Å². The van der Waals surface area contributed by atoms with E-state index in [1.807, 2.05) is 0 Å². The highest BCUT2D eigenvalue weighted by molar-refractivity contribution is 5.77. The van der Waals surface area contributed by atoms with Crippen LogP contribution in [-0.4, -0.2) is 46.9 Å². The van der Waals surface area contributed by atoms with E-state index in [0.717, 1.165) is 96.3 Å². The smallest absolute Gasteiger partial charge is 0.306 e. The van der Waals surface area contributed by atoms with E-state index in [1.54, 1.807) is 0 Å². The lowest BCUT2D eigenvalue weighted by atomic mass is 10.0. The molecular weight excluding hydrogens is 695 g/mol. The Bertz CT molecular complexity index is 1060. The molecule has 0 radical (unpaired) electrons. The number of nitrogens with one attached hydrogen (secondary N) is 1. The summed E-state index contributed by atoms with van der Waals surface area (Å²) in [5, 5.41) is 23.6. The number of aliphatic hydroxyl groups excluding tert-OH is 2. The summed E-state index contributed by atoms with van der Waals surface area (Å²) in [4.78, 5) is 26.0. The zero-order valence-electron chi connectivity index (χ0n) is 36.5. The van der Waals surface area contributed by atoms with Crippen LogP contribution in [-0.2, 0) is 14.3 Å².